The normalized spacial score (nSPS) is 11.9. The summed E-state index contributed by atoms with van der Waals surface area (Å²) in [4.78, 5) is 1.60. The summed E-state index contributed by atoms with van der Waals surface area (Å²) < 4.78 is 92.9. The summed E-state index contributed by atoms with van der Waals surface area (Å²) in [6.45, 7) is -1.65. The van der Waals surface area contributed by atoms with Crippen LogP contribution < -0.4 is 9.47 Å². The van der Waals surface area contributed by atoms with Gasteiger partial charge in [0.2, 0.25) is 23.3 Å². The lowest BCUT2D eigenvalue weighted by Crippen LogP contribution is -2.28. The van der Waals surface area contributed by atoms with E-state index in [4.69, 9.17) is 0 Å². The Kier molecular flexibility index (Phi) is 6.51. The molecule has 0 aliphatic rings. The monoisotopic (exact) mass is 347 g/mol. The van der Waals surface area contributed by atoms with E-state index < -0.39 is 47.5 Å². The molecule has 0 heterocycles. The number of halogens is 6. The van der Waals surface area contributed by atoms with Gasteiger partial charge in [-0.2, -0.15) is 26.3 Å². The average Bonchev–Trinajstić information content (AvgIpc) is 2.48. The van der Waals surface area contributed by atoms with E-state index in [2.05, 4.69) is 14.2 Å². The van der Waals surface area contributed by atoms with Crippen LogP contribution in [0.1, 0.15) is 0 Å². The second-order valence-electron chi connectivity index (χ2n) is 4.70. The highest BCUT2D eigenvalue weighted by Gasteiger charge is 2.33. The third-order valence-electron chi connectivity index (χ3n) is 2.65. The van der Waals surface area contributed by atoms with E-state index >= 15 is 0 Å². The van der Waals surface area contributed by atoms with Crippen molar-refractivity contribution in [1.29, 1.82) is 0 Å². The summed E-state index contributed by atoms with van der Waals surface area (Å²) in [6.07, 6.45) is -3.88. The maximum atomic E-state index is 13.7. The van der Waals surface area contributed by atoms with Crippen molar-refractivity contribution < 1.29 is 40.6 Å². The first-order valence-electron chi connectivity index (χ1n) is 6.30. The third-order valence-corrected chi connectivity index (χ3v) is 2.65. The number of alkyl halides is 2. The standard InChI is InChI=1S/C13H15F6NO3/c1-20(2)4-5-22-11-7(14)9(16)12(10(17)8(11)15)23-6-13(18,19)21-3/h4-6H2,1-3H3. The maximum Gasteiger partial charge on any atom is 0.389 e. The summed E-state index contributed by atoms with van der Waals surface area (Å²) in [6, 6.07) is 0. The lowest BCUT2D eigenvalue weighted by Gasteiger charge is -2.17. The number of ether oxygens (including phenoxy) is 3. The van der Waals surface area contributed by atoms with E-state index in [0.717, 1.165) is 0 Å². The number of nitrogens with zero attached hydrogens (tertiary/aromatic N) is 1. The zero-order valence-corrected chi connectivity index (χ0v) is 12.6. The Hall–Kier alpha value is -1.68. The van der Waals surface area contributed by atoms with Gasteiger partial charge in [-0.25, -0.2) is 0 Å². The molecule has 0 saturated heterocycles. The molecule has 132 valence electrons. The molecule has 0 aromatic heterocycles. The Balaban J connectivity index is 3.03. The number of methoxy groups -OCH3 is 1. The fourth-order valence-corrected chi connectivity index (χ4v) is 1.39. The third kappa shape index (κ3) is 4.90. The van der Waals surface area contributed by atoms with Crippen LogP contribution in [-0.2, 0) is 4.74 Å². The first-order valence-corrected chi connectivity index (χ1v) is 6.30. The van der Waals surface area contributed by atoms with Gasteiger partial charge in [0.1, 0.15) is 6.61 Å². The summed E-state index contributed by atoms with van der Waals surface area (Å²) >= 11 is 0. The molecule has 0 fully saturated rings. The Morgan fingerprint density at radius 1 is 0.870 bits per heavy atom. The van der Waals surface area contributed by atoms with Gasteiger partial charge in [-0.15, -0.1) is 0 Å². The fraction of sp³-hybridized carbons (Fsp3) is 0.538. The second kappa shape index (κ2) is 7.73. The molecule has 1 rings (SSSR count). The molecular weight excluding hydrogens is 332 g/mol. The first-order chi connectivity index (χ1) is 10.6. The molecule has 0 aliphatic heterocycles. The van der Waals surface area contributed by atoms with Crippen molar-refractivity contribution in [3.63, 3.8) is 0 Å². The van der Waals surface area contributed by atoms with Crippen LogP contribution in [0.15, 0.2) is 0 Å². The van der Waals surface area contributed by atoms with E-state index in [9.17, 15) is 26.3 Å². The zero-order chi connectivity index (χ0) is 17.8. The topological polar surface area (TPSA) is 30.9 Å². The van der Waals surface area contributed by atoms with Crippen LogP contribution in [-0.4, -0.2) is 52.0 Å². The van der Waals surface area contributed by atoms with Crippen LogP contribution >= 0.6 is 0 Å². The minimum absolute atomic E-state index is 0.223. The van der Waals surface area contributed by atoms with Crippen molar-refractivity contribution in [2.75, 3.05) is 41.0 Å². The van der Waals surface area contributed by atoms with Crippen LogP contribution in [0.2, 0.25) is 0 Å². The Morgan fingerprint density at radius 3 is 1.70 bits per heavy atom. The summed E-state index contributed by atoms with van der Waals surface area (Å²) in [7, 11) is 3.91. The molecule has 0 saturated carbocycles. The summed E-state index contributed by atoms with van der Waals surface area (Å²) in [5.74, 6) is -10.6. The predicted molar refractivity (Wildman–Crippen MR) is 67.8 cm³/mol. The molecule has 0 unspecified atom stereocenters. The molecule has 1 aromatic rings. The quantitative estimate of drug-likeness (QED) is 0.535. The number of hydrogen-bond donors (Lipinski definition) is 0. The molecule has 0 atom stereocenters. The number of likely N-dealkylation sites (N-methyl/N-ethyl adjacent to an activating group) is 1. The largest absolute Gasteiger partial charge is 0.486 e. The van der Waals surface area contributed by atoms with Gasteiger partial charge in [0.05, 0.1) is 0 Å². The second-order valence-corrected chi connectivity index (χ2v) is 4.70. The lowest BCUT2D eigenvalue weighted by atomic mass is 10.2. The van der Waals surface area contributed by atoms with Crippen LogP contribution in [0.4, 0.5) is 26.3 Å². The molecule has 23 heavy (non-hydrogen) atoms. The van der Waals surface area contributed by atoms with Crippen molar-refractivity contribution in [3.05, 3.63) is 23.3 Å². The first kappa shape index (κ1) is 19.4. The van der Waals surface area contributed by atoms with Crippen molar-refractivity contribution in [1.82, 2.24) is 4.90 Å². The van der Waals surface area contributed by atoms with E-state index in [1.54, 1.807) is 19.0 Å². The molecule has 0 spiro atoms. The van der Waals surface area contributed by atoms with Crippen molar-refractivity contribution in [3.8, 4) is 11.5 Å². The van der Waals surface area contributed by atoms with Gasteiger partial charge in [0, 0.05) is 13.7 Å². The number of benzene rings is 1. The van der Waals surface area contributed by atoms with E-state index in [-0.39, 0.29) is 13.2 Å². The van der Waals surface area contributed by atoms with Crippen molar-refractivity contribution >= 4 is 0 Å². The van der Waals surface area contributed by atoms with Gasteiger partial charge in [-0.1, -0.05) is 0 Å². The van der Waals surface area contributed by atoms with Gasteiger partial charge in [-0.05, 0) is 14.1 Å². The van der Waals surface area contributed by atoms with Crippen molar-refractivity contribution in [2.45, 2.75) is 6.11 Å². The minimum atomic E-state index is -3.88. The van der Waals surface area contributed by atoms with Crippen molar-refractivity contribution in [2.24, 2.45) is 0 Å². The van der Waals surface area contributed by atoms with E-state index in [1.165, 1.54) is 0 Å². The summed E-state index contributed by atoms with van der Waals surface area (Å²) in [5.41, 5.74) is 0. The predicted octanol–water partition coefficient (Wildman–Crippen LogP) is 2.80. The number of rotatable bonds is 8. The van der Waals surface area contributed by atoms with E-state index in [1.807, 2.05) is 0 Å². The summed E-state index contributed by atoms with van der Waals surface area (Å²) in [5, 5.41) is 0. The van der Waals surface area contributed by atoms with Gasteiger partial charge in [-0.3, -0.25) is 0 Å². The minimum Gasteiger partial charge on any atom is -0.486 e. The Morgan fingerprint density at radius 2 is 1.30 bits per heavy atom. The molecule has 0 amide bonds. The highest BCUT2D eigenvalue weighted by Crippen LogP contribution is 2.35. The van der Waals surface area contributed by atoms with E-state index in [0.29, 0.717) is 7.11 Å². The highest BCUT2D eigenvalue weighted by molar-refractivity contribution is 5.38. The molecular formula is C13H15F6NO3. The molecule has 0 N–H and O–H groups in total. The van der Waals surface area contributed by atoms with Crippen LogP contribution in [0.3, 0.4) is 0 Å². The van der Waals surface area contributed by atoms with Gasteiger partial charge in [0.15, 0.2) is 18.1 Å². The highest BCUT2D eigenvalue weighted by atomic mass is 19.3. The SMILES string of the molecule is COC(F)(F)COc1c(F)c(F)c(OCCN(C)C)c(F)c1F. The Bertz CT molecular complexity index is 524. The fourth-order valence-electron chi connectivity index (χ4n) is 1.39. The molecule has 10 heteroatoms. The molecule has 0 radical (unpaired) electrons. The van der Waals surface area contributed by atoms with Gasteiger partial charge < -0.3 is 19.1 Å². The van der Waals surface area contributed by atoms with Crippen LogP contribution in [0, 0.1) is 23.3 Å². The zero-order valence-electron chi connectivity index (χ0n) is 12.6. The van der Waals surface area contributed by atoms with Gasteiger partial charge >= 0.3 is 6.11 Å². The maximum absolute atomic E-state index is 13.7. The molecule has 1 aromatic carbocycles. The van der Waals surface area contributed by atoms with Gasteiger partial charge in [0.25, 0.3) is 0 Å². The molecule has 4 nitrogen and oxygen atoms in total. The average molecular weight is 347 g/mol. The number of hydrogen-bond acceptors (Lipinski definition) is 4. The lowest BCUT2D eigenvalue weighted by molar-refractivity contribution is -0.237. The van der Waals surface area contributed by atoms with Crippen LogP contribution in [0.25, 0.3) is 0 Å². The van der Waals surface area contributed by atoms with Crippen LogP contribution in [0.5, 0.6) is 11.5 Å². The smallest absolute Gasteiger partial charge is 0.389 e. The Labute approximate surface area is 128 Å². The molecule has 0 bridgehead atoms. The molecule has 0 aliphatic carbocycles.